The van der Waals surface area contributed by atoms with E-state index in [1.54, 1.807) is 6.07 Å². The molecule has 1 unspecified atom stereocenters. The summed E-state index contributed by atoms with van der Waals surface area (Å²) < 4.78 is 7.92. The van der Waals surface area contributed by atoms with Crippen molar-refractivity contribution < 1.29 is 9.84 Å². The fourth-order valence-electron chi connectivity index (χ4n) is 3.47. The van der Waals surface area contributed by atoms with Crippen LogP contribution in [0.25, 0.3) is 11.0 Å². The molecule has 0 saturated carbocycles. The van der Waals surface area contributed by atoms with Crippen LogP contribution >= 0.6 is 24.0 Å². The lowest BCUT2D eigenvalue weighted by atomic mass is 10.1. The Morgan fingerprint density at radius 2 is 1.77 bits per heavy atom. The Hall–Kier alpha value is -2.53. The average molecular weight is 443 g/mol. The van der Waals surface area contributed by atoms with E-state index in [9.17, 15) is 5.11 Å². The van der Waals surface area contributed by atoms with Gasteiger partial charge >= 0.3 is 0 Å². The van der Waals surface area contributed by atoms with E-state index in [0.717, 1.165) is 28.2 Å². The Labute approximate surface area is 187 Å². The lowest BCUT2D eigenvalue weighted by Crippen LogP contribution is -2.24. The smallest absolute Gasteiger partial charge is 0.122 e. The van der Waals surface area contributed by atoms with E-state index in [4.69, 9.17) is 21.3 Å². The van der Waals surface area contributed by atoms with Gasteiger partial charge in [-0.3, -0.25) is 0 Å². The summed E-state index contributed by atoms with van der Waals surface area (Å²) in [6.07, 6.45) is 0.0385. The molecule has 1 aromatic heterocycles. The van der Waals surface area contributed by atoms with Gasteiger partial charge in [-0.2, -0.15) is 0 Å². The number of halogens is 2. The summed E-state index contributed by atoms with van der Waals surface area (Å²) in [5.74, 6) is 1.66. The van der Waals surface area contributed by atoms with E-state index in [0.29, 0.717) is 18.0 Å². The number of benzene rings is 3. The second-order valence-corrected chi connectivity index (χ2v) is 7.60. The van der Waals surface area contributed by atoms with E-state index in [-0.39, 0.29) is 19.0 Å². The third-order valence-electron chi connectivity index (χ3n) is 4.90. The van der Waals surface area contributed by atoms with Gasteiger partial charge in [0.1, 0.15) is 24.3 Å². The predicted octanol–water partition coefficient (Wildman–Crippen LogP) is 5.45. The van der Waals surface area contributed by atoms with Crippen molar-refractivity contribution in [1.29, 1.82) is 0 Å². The topological polar surface area (TPSA) is 47.3 Å². The number of ether oxygens (including phenoxy) is 1. The van der Waals surface area contributed by atoms with Crippen molar-refractivity contribution in [2.24, 2.45) is 0 Å². The van der Waals surface area contributed by atoms with Crippen molar-refractivity contribution in [1.82, 2.24) is 9.55 Å². The maximum absolute atomic E-state index is 10.7. The first-order valence-electron chi connectivity index (χ1n) is 9.65. The third kappa shape index (κ3) is 5.14. The Bertz CT molecular complexity index is 1110. The number of aliphatic hydroxyl groups is 1. The molecule has 30 heavy (non-hydrogen) atoms. The first kappa shape index (κ1) is 22.2. The first-order valence-corrected chi connectivity index (χ1v) is 10.0. The molecule has 1 atom stereocenters. The van der Waals surface area contributed by atoms with Gasteiger partial charge in [0.05, 0.1) is 17.6 Å². The number of aliphatic hydroxyl groups excluding tert-OH is 1. The third-order valence-corrected chi connectivity index (χ3v) is 5.14. The Balaban J connectivity index is 0.00000256. The van der Waals surface area contributed by atoms with Crippen molar-refractivity contribution in [2.45, 2.75) is 26.0 Å². The lowest BCUT2D eigenvalue weighted by Gasteiger charge is -2.17. The number of rotatable bonds is 7. The molecule has 0 aliphatic rings. The van der Waals surface area contributed by atoms with Crippen LogP contribution in [0, 0.1) is 6.92 Å². The van der Waals surface area contributed by atoms with Gasteiger partial charge in [0.2, 0.25) is 0 Å². The largest absolute Gasteiger partial charge is 0.491 e. The van der Waals surface area contributed by atoms with Crippen LogP contribution in [0.15, 0.2) is 72.8 Å². The summed E-state index contributed by atoms with van der Waals surface area (Å²) in [6.45, 7) is 2.55. The zero-order valence-electron chi connectivity index (χ0n) is 16.7. The summed E-state index contributed by atoms with van der Waals surface area (Å²) in [6, 6.07) is 23.7. The van der Waals surface area contributed by atoms with E-state index in [1.807, 2.05) is 61.5 Å². The van der Waals surface area contributed by atoms with Crippen LogP contribution in [0.4, 0.5) is 0 Å². The molecule has 0 bridgehead atoms. The average Bonchev–Trinajstić information content (AvgIpc) is 3.05. The number of aryl methyl sites for hydroxylation is 1. The highest BCUT2D eigenvalue weighted by molar-refractivity contribution is 6.30. The van der Waals surface area contributed by atoms with Gasteiger partial charge in [0.15, 0.2) is 0 Å². The molecule has 4 nitrogen and oxygen atoms in total. The van der Waals surface area contributed by atoms with Crippen LogP contribution in [-0.4, -0.2) is 27.4 Å². The van der Waals surface area contributed by atoms with Gasteiger partial charge in [-0.05, 0) is 48.4 Å². The highest BCUT2D eigenvalue weighted by Crippen LogP contribution is 2.23. The maximum atomic E-state index is 10.7. The number of nitrogens with zero attached hydrogens (tertiary/aromatic N) is 2. The molecule has 0 radical (unpaired) electrons. The second-order valence-electron chi connectivity index (χ2n) is 7.16. The molecule has 4 rings (SSSR count). The minimum atomic E-state index is -0.669. The molecular weight excluding hydrogens is 419 g/mol. The molecule has 156 valence electrons. The Morgan fingerprint density at radius 1 is 1.03 bits per heavy atom. The minimum Gasteiger partial charge on any atom is -0.491 e. The SMILES string of the molecule is Cc1cc(Cl)ccc1OCC(O)Cn1c(Cc2ccccc2)nc2ccccc21.Cl. The number of hydrogen-bond donors (Lipinski definition) is 1. The standard InChI is InChI=1S/C24H23ClN2O2.ClH/c1-17-13-19(25)11-12-23(17)29-16-20(28)15-27-22-10-6-5-9-21(22)26-24(27)14-18-7-3-2-4-8-18;/h2-13,20,28H,14-16H2,1H3;1H. The fraction of sp³-hybridized carbons (Fsp3) is 0.208. The normalized spacial score (nSPS) is 11.8. The first-order chi connectivity index (χ1) is 14.1. The zero-order chi connectivity index (χ0) is 20.2. The van der Waals surface area contributed by atoms with Gasteiger partial charge in [0.25, 0.3) is 0 Å². The van der Waals surface area contributed by atoms with E-state index in [2.05, 4.69) is 16.7 Å². The van der Waals surface area contributed by atoms with Gasteiger partial charge < -0.3 is 14.4 Å². The molecule has 0 spiro atoms. The van der Waals surface area contributed by atoms with Crippen molar-refractivity contribution in [3.8, 4) is 5.75 Å². The summed E-state index contributed by atoms with van der Waals surface area (Å²) >= 11 is 6.00. The highest BCUT2D eigenvalue weighted by atomic mass is 35.5. The number of para-hydroxylation sites is 2. The van der Waals surface area contributed by atoms with Crippen LogP contribution in [0.2, 0.25) is 5.02 Å². The van der Waals surface area contributed by atoms with Crippen molar-refractivity contribution in [2.75, 3.05) is 6.61 Å². The highest BCUT2D eigenvalue weighted by Gasteiger charge is 2.15. The molecule has 0 aliphatic heterocycles. The number of fused-ring (bicyclic) bond motifs is 1. The molecule has 1 heterocycles. The summed E-state index contributed by atoms with van der Waals surface area (Å²) in [5, 5.41) is 11.4. The van der Waals surface area contributed by atoms with Crippen LogP contribution in [0.5, 0.6) is 5.75 Å². The lowest BCUT2D eigenvalue weighted by molar-refractivity contribution is 0.0925. The monoisotopic (exact) mass is 442 g/mol. The van der Waals surface area contributed by atoms with Crippen LogP contribution in [-0.2, 0) is 13.0 Å². The second kappa shape index (κ2) is 9.98. The van der Waals surface area contributed by atoms with Crippen molar-refractivity contribution in [3.05, 3.63) is 94.8 Å². The van der Waals surface area contributed by atoms with Crippen molar-refractivity contribution in [3.63, 3.8) is 0 Å². The van der Waals surface area contributed by atoms with Gasteiger partial charge in [-0.1, -0.05) is 54.1 Å². The van der Waals surface area contributed by atoms with E-state index < -0.39 is 6.10 Å². The van der Waals surface area contributed by atoms with Gasteiger partial charge in [0, 0.05) is 11.4 Å². The molecule has 6 heteroatoms. The Kier molecular flexibility index (Phi) is 7.38. The molecule has 4 aromatic rings. The summed E-state index contributed by atoms with van der Waals surface area (Å²) in [4.78, 5) is 4.80. The molecule has 3 aromatic carbocycles. The molecule has 0 amide bonds. The predicted molar refractivity (Wildman–Crippen MR) is 124 cm³/mol. The molecule has 0 fully saturated rings. The Morgan fingerprint density at radius 3 is 2.53 bits per heavy atom. The molecule has 1 N–H and O–H groups in total. The molecule has 0 aliphatic carbocycles. The van der Waals surface area contributed by atoms with E-state index >= 15 is 0 Å². The minimum absolute atomic E-state index is 0. The molecule has 0 saturated heterocycles. The van der Waals surface area contributed by atoms with Crippen LogP contribution in [0.1, 0.15) is 17.0 Å². The number of imidazole rings is 1. The number of aromatic nitrogens is 2. The quantitative estimate of drug-likeness (QED) is 0.413. The fourth-order valence-corrected chi connectivity index (χ4v) is 3.69. The summed E-state index contributed by atoms with van der Waals surface area (Å²) in [7, 11) is 0. The van der Waals surface area contributed by atoms with Crippen LogP contribution in [0.3, 0.4) is 0 Å². The summed E-state index contributed by atoms with van der Waals surface area (Å²) in [5.41, 5.74) is 4.08. The van der Waals surface area contributed by atoms with E-state index in [1.165, 1.54) is 5.56 Å². The van der Waals surface area contributed by atoms with Gasteiger partial charge in [-0.25, -0.2) is 4.98 Å². The maximum Gasteiger partial charge on any atom is 0.122 e. The molecular formula is C24H24Cl2N2O2. The zero-order valence-corrected chi connectivity index (χ0v) is 18.2. The van der Waals surface area contributed by atoms with Crippen LogP contribution < -0.4 is 4.74 Å². The van der Waals surface area contributed by atoms with Gasteiger partial charge in [-0.15, -0.1) is 12.4 Å². The van der Waals surface area contributed by atoms with Crippen molar-refractivity contribution >= 4 is 35.0 Å². The number of hydrogen-bond acceptors (Lipinski definition) is 3.